The van der Waals surface area contributed by atoms with Crippen molar-refractivity contribution in [3.8, 4) is 16.9 Å². The summed E-state index contributed by atoms with van der Waals surface area (Å²) in [5, 5.41) is 9.62. The number of rotatable bonds is 3. The zero-order chi connectivity index (χ0) is 14.0. The van der Waals surface area contributed by atoms with Gasteiger partial charge >= 0.3 is 5.97 Å². The van der Waals surface area contributed by atoms with E-state index in [2.05, 4.69) is 0 Å². The lowest BCUT2D eigenvalue weighted by Crippen LogP contribution is -1.98. The monoisotopic (exact) mass is 276 g/mol. The molecule has 0 fully saturated rings. The highest BCUT2D eigenvalue weighted by atomic mass is 35.5. The summed E-state index contributed by atoms with van der Waals surface area (Å²) in [6, 6.07) is 10.5. The number of aromatic carboxylic acids is 1. The molecule has 3 nitrogen and oxygen atoms in total. The van der Waals surface area contributed by atoms with E-state index in [1.807, 2.05) is 25.1 Å². The van der Waals surface area contributed by atoms with Crippen molar-refractivity contribution >= 4 is 17.6 Å². The van der Waals surface area contributed by atoms with Crippen LogP contribution in [0.4, 0.5) is 0 Å². The van der Waals surface area contributed by atoms with Crippen LogP contribution in [0.25, 0.3) is 11.1 Å². The molecule has 0 heterocycles. The number of carbonyl (C=O) groups is 1. The van der Waals surface area contributed by atoms with E-state index in [0.717, 1.165) is 16.7 Å². The van der Waals surface area contributed by atoms with Gasteiger partial charge in [-0.3, -0.25) is 0 Å². The molecule has 1 N–H and O–H groups in total. The fraction of sp³-hybridized carbons (Fsp3) is 0.133. The molecule has 98 valence electrons. The standard InChI is InChI=1S/C15H13ClO3/c1-9-5-11(7-12(16)6-9)13-4-3-10(15(17)18)8-14(13)19-2/h3-8H,1-2H3,(H,17,18). The molecular weight excluding hydrogens is 264 g/mol. The van der Waals surface area contributed by atoms with Gasteiger partial charge < -0.3 is 9.84 Å². The minimum Gasteiger partial charge on any atom is -0.496 e. The van der Waals surface area contributed by atoms with Gasteiger partial charge in [0.15, 0.2) is 0 Å². The second-order valence-electron chi connectivity index (χ2n) is 4.24. The molecule has 0 saturated carbocycles. The van der Waals surface area contributed by atoms with Gasteiger partial charge in [-0.2, -0.15) is 0 Å². The fourth-order valence-corrected chi connectivity index (χ4v) is 2.24. The Bertz CT molecular complexity index is 615. The van der Waals surface area contributed by atoms with Crippen LogP contribution in [-0.4, -0.2) is 18.2 Å². The van der Waals surface area contributed by atoms with Gasteiger partial charge in [0.25, 0.3) is 0 Å². The molecule has 0 saturated heterocycles. The number of hydrogen-bond acceptors (Lipinski definition) is 2. The number of carboxylic acid groups (broad SMARTS) is 1. The number of carboxylic acids is 1. The van der Waals surface area contributed by atoms with E-state index in [1.54, 1.807) is 12.1 Å². The van der Waals surface area contributed by atoms with Gasteiger partial charge in [-0.1, -0.05) is 17.7 Å². The Morgan fingerprint density at radius 2 is 1.95 bits per heavy atom. The van der Waals surface area contributed by atoms with Crippen LogP contribution in [0.2, 0.25) is 5.02 Å². The van der Waals surface area contributed by atoms with E-state index in [-0.39, 0.29) is 5.56 Å². The lowest BCUT2D eigenvalue weighted by Gasteiger charge is -2.10. The van der Waals surface area contributed by atoms with Crippen LogP contribution in [0.3, 0.4) is 0 Å². The Labute approximate surface area is 116 Å². The molecule has 0 spiro atoms. The van der Waals surface area contributed by atoms with Crippen LogP contribution < -0.4 is 4.74 Å². The summed E-state index contributed by atoms with van der Waals surface area (Å²) < 4.78 is 5.26. The minimum absolute atomic E-state index is 0.194. The zero-order valence-electron chi connectivity index (χ0n) is 10.6. The molecule has 0 atom stereocenters. The molecule has 0 unspecified atom stereocenters. The van der Waals surface area contributed by atoms with E-state index in [4.69, 9.17) is 21.4 Å². The van der Waals surface area contributed by atoms with Gasteiger partial charge in [-0.05, 0) is 48.4 Å². The van der Waals surface area contributed by atoms with Gasteiger partial charge in [0.05, 0.1) is 12.7 Å². The number of benzene rings is 2. The summed E-state index contributed by atoms with van der Waals surface area (Å²) >= 11 is 6.04. The predicted molar refractivity (Wildman–Crippen MR) is 75.1 cm³/mol. The number of aryl methyl sites for hydroxylation is 1. The Morgan fingerprint density at radius 3 is 2.53 bits per heavy atom. The summed E-state index contributed by atoms with van der Waals surface area (Å²) in [7, 11) is 1.52. The summed E-state index contributed by atoms with van der Waals surface area (Å²) in [6.07, 6.45) is 0. The van der Waals surface area contributed by atoms with E-state index >= 15 is 0 Å². The number of hydrogen-bond donors (Lipinski definition) is 1. The van der Waals surface area contributed by atoms with Gasteiger partial charge in [-0.25, -0.2) is 4.79 Å². The highest BCUT2D eigenvalue weighted by molar-refractivity contribution is 6.31. The maximum absolute atomic E-state index is 10.9. The van der Waals surface area contributed by atoms with Crippen LogP contribution in [0.1, 0.15) is 15.9 Å². The molecular formula is C15H13ClO3. The van der Waals surface area contributed by atoms with Crippen molar-refractivity contribution < 1.29 is 14.6 Å². The molecule has 0 aliphatic heterocycles. The first kappa shape index (κ1) is 13.4. The number of ether oxygens (including phenoxy) is 1. The smallest absolute Gasteiger partial charge is 0.335 e. The van der Waals surface area contributed by atoms with Crippen molar-refractivity contribution in [3.63, 3.8) is 0 Å². The quantitative estimate of drug-likeness (QED) is 0.921. The van der Waals surface area contributed by atoms with Crippen LogP contribution in [0.15, 0.2) is 36.4 Å². The summed E-state index contributed by atoms with van der Waals surface area (Å²) in [6.45, 7) is 1.95. The first-order chi connectivity index (χ1) is 9.01. The molecule has 0 bridgehead atoms. The van der Waals surface area contributed by atoms with Crippen LogP contribution in [-0.2, 0) is 0 Å². The second-order valence-corrected chi connectivity index (χ2v) is 4.67. The fourth-order valence-electron chi connectivity index (χ4n) is 1.95. The Morgan fingerprint density at radius 1 is 1.21 bits per heavy atom. The van der Waals surface area contributed by atoms with Crippen molar-refractivity contribution in [2.75, 3.05) is 7.11 Å². The van der Waals surface area contributed by atoms with E-state index < -0.39 is 5.97 Å². The molecule has 0 aliphatic rings. The third-order valence-corrected chi connectivity index (χ3v) is 3.02. The average molecular weight is 277 g/mol. The Kier molecular flexibility index (Phi) is 3.76. The third-order valence-electron chi connectivity index (χ3n) is 2.80. The normalized spacial score (nSPS) is 10.3. The average Bonchev–Trinajstić information content (AvgIpc) is 2.36. The number of halogens is 1. The first-order valence-corrected chi connectivity index (χ1v) is 6.08. The van der Waals surface area contributed by atoms with E-state index in [9.17, 15) is 4.79 Å². The summed E-state index contributed by atoms with van der Waals surface area (Å²) in [5.74, 6) is -0.464. The second kappa shape index (κ2) is 5.33. The summed E-state index contributed by atoms with van der Waals surface area (Å²) in [5.41, 5.74) is 2.95. The van der Waals surface area contributed by atoms with E-state index in [0.29, 0.717) is 10.8 Å². The van der Waals surface area contributed by atoms with Crippen molar-refractivity contribution in [3.05, 3.63) is 52.5 Å². The molecule has 19 heavy (non-hydrogen) atoms. The molecule has 2 aromatic carbocycles. The van der Waals surface area contributed by atoms with Crippen LogP contribution >= 0.6 is 11.6 Å². The topological polar surface area (TPSA) is 46.5 Å². The summed E-state index contributed by atoms with van der Waals surface area (Å²) in [4.78, 5) is 10.9. The SMILES string of the molecule is COc1cc(C(=O)O)ccc1-c1cc(C)cc(Cl)c1. The maximum Gasteiger partial charge on any atom is 0.335 e. The van der Waals surface area contributed by atoms with Crippen molar-refractivity contribution in [2.24, 2.45) is 0 Å². The highest BCUT2D eigenvalue weighted by Crippen LogP contribution is 2.33. The van der Waals surface area contributed by atoms with Gasteiger partial charge in [-0.15, -0.1) is 0 Å². The number of methoxy groups -OCH3 is 1. The molecule has 0 amide bonds. The first-order valence-electron chi connectivity index (χ1n) is 5.70. The molecule has 0 aliphatic carbocycles. The predicted octanol–water partition coefficient (Wildman–Crippen LogP) is 4.02. The van der Waals surface area contributed by atoms with Crippen molar-refractivity contribution in [1.82, 2.24) is 0 Å². The third kappa shape index (κ3) is 2.88. The largest absolute Gasteiger partial charge is 0.496 e. The minimum atomic E-state index is -0.980. The highest BCUT2D eigenvalue weighted by Gasteiger charge is 2.11. The van der Waals surface area contributed by atoms with Crippen molar-refractivity contribution in [2.45, 2.75) is 6.92 Å². The molecule has 2 rings (SSSR count). The molecule has 0 radical (unpaired) electrons. The van der Waals surface area contributed by atoms with Gasteiger partial charge in [0.2, 0.25) is 0 Å². The van der Waals surface area contributed by atoms with E-state index in [1.165, 1.54) is 13.2 Å². The molecule has 4 heteroatoms. The maximum atomic E-state index is 10.9. The Hall–Kier alpha value is -2.00. The lowest BCUT2D eigenvalue weighted by atomic mass is 10.0. The molecule has 2 aromatic rings. The zero-order valence-corrected chi connectivity index (χ0v) is 11.4. The van der Waals surface area contributed by atoms with Crippen LogP contribution in [0, 0.1) is 6.92 Å². The van der Waals surface area contributed by atoms with Crippen molar-refractivity contribution in [1.29, 1.82) is 0 Å². The Balaban J connectivity index is 2.58. The van der Waals surface area contributed by atoms with Gasteiger partial charge in [0.1, 0.15) is 5.75 Å². The van der Waals surface area contributed by atoms with Crippen LogP contribution in [0.5, 0.6) is 5.75 Å². The lowest BCUT2D eigenvalue weighted by molar-refractivity contribution is 0.0696. The molecule has 0 aromatic heterocycles. The van der Waals surface area contributed by atoms with Gasteiger partial charge in [0, 0.05) is 10.6 Å².